The molecule has 0 saturated heterocycles. The van der Waals surface area contributed by atoms with E-state index in [0.29, 0.717) is 32.3 Å². The molecular weight excluding hydrogens is 569 g/mol. The van der Waals surface area contributed by atoms with Gasteiger partial charge in [-0.05, 0) is 54.6 Å². The van der Waals surface area contributed by atoms with Crippen LogP contribution in [0.5, 0.6) is 0 Å². The number of benzene rings is 3. The van der Waals surface area contributed by atoms with E-state index in [4.69, 9.17) is 27.6 Å². The Morgan fingerprint density at radius 2 is 1.71 bits per heavy atom. The number of aromatic nitrogens is 3. The summed E-state index contributed by atoms with van der Waals surface area (Å²) in [5.41, 5.74) is 2.49. The minimum absolute atomic E-state index is 0.132. The van der Waals surface area contributed by atoms with E-state index in [1.807, 2.05) is 59.2 Å². The number of hydrogen-bond donors (Lipinski definition) is 0. The molecule has 0 atom stereocenters. The minimum Gasteiger partial charge on any atom is -0.453 e. The Balaban J connectivity index is 1.40. The van der Waals surface area contributed by atoms with Gasteiger partial charge in [0.2, 0.25) is 5.78 Å². The average Bonchev–Trinajstić information content (AvgIpc) is 3.51. The maximum absolute atomic E-state index is 12.9. The molecule has 0 bridgehead atoms. The van der Waals surface area contributed by atoms with E-state index >= 15 is 0 Å². The van der Waals surface area contributed by atoms with Crippen molar-refractivity contribution >= 4 is 56.7 Å². The summed E-state index contributed by atoms with van der Waals surface area (Å²) in [6.45, 7) is 0. The minimum atomic E-state index is -0.167. The summed E-state index contributed by atoms with van der Waals surface area (Å²) in [7, 11) is 0. The molecule has 0 aliphatic rings. The molecule has 0 saturated carbocycles. The number of ketones is 1. The lowest BCUT2D eigenvalue weighted by atomic mass is 10.2. The molecule has 0 radical (unpaired) electrons. The number of nitrogens with zero attached hydrogens (tertiary/aromatic N) is 3. The number of rotatable bonds is 7. The first-order chi connectivity index (χ1) is 17.0. The zero-order valence-corrected chi connectivity index (χ0v) is 21.9. The molecule has 2 aromatic heterocycles. The van der Waals surface area contributed by atoms with Crippen LogP contribution in [0.2, 0.25) is 10.0 Å². The predicted molar refractivity (Wildman–Crippen MR) is 144 cm³/mol. The first kappa shape index (κ1) is 23.9. The predicted octanol–water partition coefficient (Wildman–Crippen LogP) is 8.24. The summed E-state index contributed by atoms with van der Waals surface area (Å²) in [6.07, 6.45) is 0. The van der Waals surface area contributed by atoms with Crippen molar-refractivity contribution in [2.75, 3.05) is 5.75 Å². The van der Waals surface area contributed by atoms with Gasteiger partial charge in [-0.25, -0.2) is 0 Å². The molecule has 0 aliphatic carbocycles. The zero-order valence-electron chi connectivity index (χ0n) is 18.0. The third-order valence-corrected chi connectivity index (χ3v) is 7.17. The largest absolute Gasteiger partial charge is 0.453 e. The number of hydrogen-bond acceptors (Lipinski definition) is 5. The number of halogens is 3. The van der Waals surface area contributed by atoms with Crippen LogP contribution in [-0.2, 0) is 0 Å². The summed E-state index contributed by atoms with van der Waals surface area (Å²) in [5, 5.41) is 10.4. The van der Waals surface area contributed by atoms with Crippen LogP contribution in [0, 0.1) is 0 Å². The van der Waals surface area contributed by atoms with Crippen LogP contribution in [-0.4, -0.2) is 26.3 Å². The highest BCUT2D eigenvalue weighted by Crippen LogP contribution is 2.33. The van der Waals surface area contributed by atoms with Crippen molar-refractivity contribution in [3.63, 3.8) is 0 Å². The smallest absolute Gasteiger partial charge is 0.208 e. The first-order valence-corrected chi connectivity index (χ1v) is 13.0. The Morgan fingerprint density at radius 1 is 0.943 bits per heavy atom. The maximum atomic E-state index is 12.9. The molecule has 0 spiro atoms. The molecule has 0 aliphatic heterocycles. The summed E-state index contributed by atoms with van der Waals surface area (Å²) in [5.74, 6) is 1.41. The maximum Gasteiger partial charge on any atom is 0.208 e. The highest BCUT2D eigenvalue weighted by molar-refractivity contribution is 9.10. The van der Waals surface area contributed by atoms with E-state index in [9.17, 15) is 4.79 Å². The van der Waals surface area contributed by atoms with E-state index in [-0.39, 0.29) is 17.3 Å². The summed E-state index contributed by atoms with van der Waals surface area (Å²) in [6, 6.07) is 26.2. The van der Waals surface area contributed by atoms with E-state index in [1.54, 1.807) is 30.3 Å². The second-order valence-corrected chi connectivity index (χ2v) is 10.2. The second kappa shape index (κ2) is 10.4. The van der Waals surface area contributed by atoms with Gasteiger partial charge in [-0.1, -0.05) is 81.2 Å². The van der Waals surface area contributed by atoms with Gasteiger partial charge in [0, 0.05) is 26.3 Å². The van der Waals surface area contributed by atoms with Crippen LogP contribution >= 0.6 is 50.9 Å². The van der Waals surface area contributed by atoms with Crippen molar-refractivity contribution < 1.29 is 9.21 Å². The number of Topliss-reactive ketones (excluding diaryl/α,β-unsaturated/α-hetero) is 1. The van der Waals surface area contributed by atoms with Crippen molar-refractivity contribution in [2.24, 2.45) is 0 Å². The van der Waals surface area contributed by atoms with Gasteiger partial charge in [-0.3, -0.25) is 9.36 Å². The molecule has 3 aromatic carbocycles. The highest BCUT2D eigenvalue weighted by Gasteiger charge is 2.19. The van der Waals surface area contributed by atoms with Crippen molar-refractivity contribution in [1.82, 2.24) is 14.8 Å². The van der Waals surface area contributed by atoms with Gasteiger partial charge < -0.3 is 4.42 Å². The third-order valence-electron chi connectivity index (χ3n) is 5.16. The van der Waals surface area contributed by atoms with Gasteiger partial charge >= 0.3 is 0 Å². The molecule has 2 heterocycles. The van der Waals surface area contributed by atoms with Crippen LogP contribution in [0.1, 0.15) is 10.6 Å². The van der Waals surface area contributed by atoms with Crippen LogP contribution in [0.25, 0.3) is 28.4 Å². The lowest BCUT2D eigenvalue weighted by molar-refractivity contribution is 0.0993. The fraction of sp³-hybridized carbons (Fsp3) is 0.0385. The van der Waals surface area contributed by atoms with Crippen molar-refractivity contribution in [3.8, 4) is 28.4 Å². The Labute approximate surface area is 224 Å². The fourth-order valence-electron chi connectivity index (χ4n) is 3.48. The van der Waals surface area contributed by atoms with Gasteiger partial charge in [0.1, 0.15) is 5.76 Å². The Kier molecular flexibility index (Phi) is 7.11. The van der Waals surface area contributed by atoms with Gasteiger partial charge in [0.05, 0.1) is 10.8 Å². The summed E-state index contributed by atoms with van der Waals surface area (Å²) >= 11 is 17.0. The van der Waals surface area contributed by atoms with Crippen molar-refractivity contribution in [2.45, 2.75) is 5.16 Å². The zero-order chi connectivity index (χ0) is 24.4. The quantitative estimate of drug-likeness (QED) is 0.142. The number of furan rings is 1. The molecule has 5 aromatic rings. The van der Waals surface area contributed by atoms with Gasteiger partial charge in [0.15, 0.2) is 16.7 Å². The molecule has 0 amide bonds. The Hall–Kier alpha value is -2.84. The lowest BCUT2D eigenvalue weighted by Crippen LogP contribution is -2.04. The van der Waals surface area contributed by atoms with E-state index in [0.717, 1.165) is 15.7 Å². The van der Waals surface area contributed by atoms with Crippen molar-refractivity contribution in [1.29, 1.82) is 0 Å². The SMILES string of the molecule is O=C(CSc1nnc(-c2ccc(Br)cc2)n1-c1ccccc1)c1ccc(-c2ccc(Cl)cc2Cl)o1. The topological polar surface area (TPSA) is 60.9 Å². The van der Waals surface area contributed by atoms with Crippen molar-refractivity contribution in [3.05, 3.63) is 105 Å². The molecule has 0 N–H and O–H groups in total. The van der Waals surface area contributed by atoms with Gasteiger partial charge in [-0.15, -0.1) is 10.2 Å². The lowest BCUT2D eigenvalue weighted by Gasteiger charge is -2.10. The number of carbonyl (C=O) groups is 1. The monoisotopic (exact) mass is 583 g/mol. The first-order valence-electron chi connectivity index (χ1n) is 10.5. The molecule has 5 rings (SSSR count). The number of carbonyl (C=O) groups excluding carboxylic acids is 1. The van der Waals surface area contributed by atoms with Gasteiger partial charge in [0.25, 0.3) is 0 Å². The standard InChI is InChI=1S/C26H16BrCl2N3O2S/c27-17-8-6-16(7-9-17)25-30-31-26(32(25)19-4-2-1-3-5-19)35-15-22(33)24-13-12-23(34-24)20-11-10-18(28)14-21(20)29/h1-14H,15H2. The Bertz CT molecular complexity index is 1500. The molecule has 0 unspecified atom stereocenters. The van der Waals surface area contributed by atoms with Crippen LogP contribution in [0.4, 0.5) is 0 Å². The normalized spacial score (nSPS) is 11.1. The fourth-order valence-corrected chi connectivity index (χ4v) is 5.07. The highest BCUT2D eigenvalue weighted by atomic mass is 79.9. The van der Waals surface area contributed by atoms with Crippen LogP contribution in [0.3, 0.4) is 0 Å². The van der Waals surface area contributed by atoms with E-state index < -0.39 is 0 Å². The summed E-state index contributed by atoms with van der Waals surface area (Å²) in [4.78, 5) is 12.9. The molecular formula is C26H16BrCl2N3O2S. The summed E-state index contributed by atoms with van der Waals surface area (Å²) < 4.78 is 8.73. The molecule has 5 nitrogen and oxygen atoms in total. The van der Waals surface area contributed by atoms with E-state index in [1.165, 1.54) is 11.8 Å². The third kappa shape index (κ3) is 5.23. The van der Waals surface area contributed by atoms with E-state index in [2.05, 4.69) is 26.1 Å². The molecule has 9 heteroatoms. The number of para-hydroxylation sites is 1. The van der Waals surface area contributed by atoms with Crippen LogP contribution < -0.4 is 0 Å². The van der Waals surface area contributed by atoms with Gasteiger partial charge in [-0.2, -0.15) is 0 Å². The Morgan fingerprint density at radius 3 is 2.46 bits per heavy atom. The van der Waals surface area contributed by atoms with Crippen LogP contribution in [0.15, 0.2) is 99.0 Å². The molecule has 35 heavy (non-hydrogen) atoms. The molecule has 174 valence electrons. The average molecular weight is 585 g/mol. The molecule has 0 fully saturated rings. The second-order valence-electron chi connectivity index (χ2n) is 7.48. The number of thioether (sulfide) groups is 1.